The summed E-state index contributed by atoms with van der Waals surface area (Å²) in [5.41, 5.74) is 2.65. The highest BCUT2D eigenvalue weighted by molar-refractivity contribution is 5.94. The first kappa shape index (κ1) is 17.6. The standard InChI is InChI=1S/C19H27N5O/c1-14-12-15(2)24(22-14)18-5-4-17(13-21-18)19(25)23-10-7-16(8-11-23)6-9-20-3/h4-5,12-13,16,20H,6-11H2,1-3H3. The van der Waals surface area contributed by atoms with Crippen molar-refractivity contribution in [2.75, 3.05) is 26.7 Å². The number of aryl methyl sites for hydroxylation is 2. The second-order valence-corrected chi connectivity index (χ2v) is 6.87. The molecule has 0 saturated carbocycles. The van der Waals surface area contributed by atoms with Gasteiger partial charge in [0.05, 0.1) is 11.3 Å². The zero-order valence-electron chi connectivity index (χ0n) is 15.3. The number of carbonyl (C=O) groups excluding carboxylic acids is 1. The van der Waals surface area contributed by atoms with Gasteiger partial charge < -0.3 is 10.2 Å². The van der Waals surface area contributed by atoms with E-state index in [1.165, 1.54) is 6.42 Å². The van der Waals surface area contributed by atoms with Gasteiger partial charge in [-0.3, -0.25) is 4.79 Å². The molecule has 134 valence electrons. The van der Waals surface area contributed by atoms with Crippen molar-refractivity contribution in [2.24, 2.45) is 5.92 Å². The Hall–Kier alpha value is -2.21. The number of amides is 1. The quantitative estimate of drug-likeness (QED) is 0.907. The molecule has 6 nitrogen and oxygen atoms in total. The van der Waals surface area contributed by atoms with E-state index in [9.17, 15) is 4.79 Å². The summed E-state index contributed by atoms with van der Waals surface area (Å²) < 4.78 is 1.80. The first-order valence-electron chi connectivity index (χ1n) is 9.02. The SMILES string of the molecule is CNCCC1CCN(C(=O)c2ccc(-n3nc(C)cc3C)nc2)CC1. The minimum atomic E-state index is 0.0829. The second-order valence-electron chi connectivity index (χ2n) is 6.87. The lowest BCUT2D eigenvalue weighted by molar-refractivity contribution is 0.0686. The molecular weight excluding hydrogens is 314 g/mol. The molecule has 0 spiro atoms. The normalized spacial score (nSPS) is 15.6. The van der Waals surface area contributed by atoms with E-state index in [0.717, 1.165) is 55.6 Å². The van der Waals surface area contributed by atoms with Gasteiger partial charge in [-0.05, 0) is 70.8 Å². The average Bonchev–Trinajstić information content (AvgIpc) is 2.98. The molecule has 0 aromatic carbocycles. The maximum atomic E-state index is 12.7. The van der Waals surface area contributed by atoms with Gasteiger partial charge in [0.2, 0.25) is 0 Å². The van der Waals surface area contributed by atoms with Crippen LogP contribution in [0.2, 0.25) is 0 Å². The van der Waals surface area contributed by atoms with Crippen LogP contribution in [0.25, 0.3) is 5.82 Å². The van der Waals surface area contributed by atoms with E-state index < -0.39 is 0 Å². The van der Waals surface area contributed by atoms with Crippen LogP contribution in [0.1, 0.15) is 41.0 Å². The Bertz CT molecular complexity index is 714. The van der Waals surface area contributed by atoms with E-state index in [-0.39, 0.29) is 5.91 Å². The molecule has 0 bridgehead atoms. The molecule has 25 heavy (non-hydrogen) atoms. The van der Waals surface area contributed by atoms with Crippen LogP contribution in [-0.2, 0) is 0 Å². The fourth-order valence-corrected chi connectivity index (χ4v) is 3.45. The average molecular weight is 341 g/mol. The third-order valence-corrected chi connectivity index (χ3v) is 4.93. The van der Waals surface area contributed by atoms with E-state index >= 15 is 0 Å². The van der Waals surface area contributed by atoms with Crippen molar-refractivity contribution in [1.29, 1.82) is 0 Å². The molecule has 6 heteroatoms. The van der Waals surface area contributed by atoms with Crippen LogP contribution in [0, 0.1) is 19.8 Å². The van der Waals surface area contributed by atoms with Gasteiger partial charge in [0.15, 0.2) is 5.82 Å². The van der Waals surface area contributed by atoms with Crippen molar-refractivity contribution in [3.8, 4) is 5.82 Å². The molecule has 3 rings (SSSR count). The maximum absolute atomic E-state index is 12.7. The lowest BCUT2D eigenvalue weighted by atomic mass is 9.93. The van der Waals surface area contributed by atoms with Crippen LogP contribution in [-0.4, -0.2) is 52.3 Å². The van der Waals surface area contributed by atoms with Gasteiger partial charge in [-0.1, -0.05) is 0 Å². The summed E-state index contributed by atoms with van der Waals surface area (Å²) in [6.07, 6.45) is 5.04. The highest BCUT2D eigenvalue weighted by Crippen LogP contribution is 2.21. The predicted octanol–water partition coefficient (Wildman–Crippen LogP) is 2.35. The minimum Gasteiger partial charge on any atom is -0.339 e. The maximum Gasteiger partial charge on any atom is 0.255 e. The number of nitrogens with zero attached hydrogens (tertiary/aromatic N) is 4. The molecule has 1 aliphatic rings. The zero-order chi connectivity index (χ0) is 17.8. The lowest BCUT2D eigenvalue weighted by Gasteiger charge is -2.32. The summed E-state index contributed by atoms with van der Waals surface area (Å²) in [5.74, 6) is 1.55. The van der Waals surface area contributed by atoms with Gasteiger partial charge in [-0.25, -0.2) is 9.67 Å². The smallest absolute Gasteiger partial charge is 0.255 e. The topological polar surface area (TPSA) is 63.1 Å². The van der Waals surface area contributed by atoms with Crippen molar-refractivity contribution in [1.82, 2.24) is 25.0 Å². The van der Waals surface area contributed by atoms with Crippen molar-refractivity contribution in [3.05, 3.63) is 41.3 Å². The molecule has 1 N–H and O–H groups in total. The summed E-state index contributed by atoms with van der Waals surface area (Å²) in [4.78, 5) is 19.1. The van der Waals surface area contributed by atoms with E-state index in [4.69, 9.17) is 0 Å². The number of nitrogens with one attached hydrogen (secondary N) is 1. The number of piperidine rings is 1. The number of hydrogen-bond acceptors (Lipinski definition) is 4. The molecule has 1 aliphatic heterocycles. The molecule has 2 aromatic rings. The Morgan fingerprint density at radius 1 is 1.28 bits per heavy atom. The van der Waals surface area contributed by atoms with Crippen LogP contribution < -0.4 is 5.32 Å². The Morgan fingerprint density at radius 3 is 2.60 bits per heavy atom. The molecule has 0 unspecified atom stereocenters. The minimum absolute atomic E-state index is 0.0829. The van der Waals surface area contributed by atoms with Crippen molar-refractivity contribution < 1.29 is 4.79 Å². The van der Waals surface area contributed by atoms with Crippen molar-refractivity contribution in [2.45, 2.75) is 33.1 Å². The molecule has 0 aliphatic carbocycles. The van der Waals surface area contributed by atoms with Crippen molar-refractivity contribution in [3.63, 3.8) is 0 Å². The fraction of sp³-hybridized carbons (Fsp3) is 0.526. The second kappa shape index (κ2) is 7.78. The van der Waals surface area contributed by atoms with Gasteiger partial charge in [0.1, 0.15) is 0 Å². The summed E-state index contributed by atoms with van der Waals surface area (Å²) >= 11 is 0. The Kier molecular flexibility index (Phi) is 5.48. The molecular formula is C19H27N5O. The first-order chi connectivity index (χ1) is 12.1. The molecule has 2 aromatic heterocycles. The highest BCUT2D eigenvalue weighted by atomic mass is 16.2. The number of aromatic nitrogens is 3. The summed E-state index contributed by atoms with van der Waals surface area (Å²) in [6, 6.07) is 5.74. The lowest BCUT2D eigenvalue weighted by Crippen LogP contribution is -2.39. The van der Waals surface area contributed by atoms with E-state index in [1.807, 2.05) is 44.0 Å². The molecule has 0 radical (unpaired) electrons. The summed E-state index contributed by atoms with van der Waals surface area (Å²) in [5, 5.41) is 7.63. The molecule has 1 fully saturated rings. The predicted molar refractivity (Wildman–Crippen MR) is 98.0 cm³/mol. The van der Waals surface area contributed by atoms with Gasteiger partial charge in [-0.15, -0.1) is 0 Å². The molecule has 0 atom stereocenters. The molecule has 1 amide bonds. The Balaban J connectivity index is 1.63. The van der Waals surface area contributed by atoms with E-state index in [2.05, 4.69) is 15.4 Å². The first-order valence-corrected chi connectivity index (χ1v) is 9.02. The van der Waals surface area contributed by atoms with Gasteiger partial charge in [0, 0.05) is 25.0 Å². The van der Waals surface area contributed by atoms with Crippen LogP contribution >= 0.6 is 0 Å². The Morgan fingerprint density at radius 2 is 2.04 bits per heavy atom. The number of likely N-dealkylation sites (tertiary alicyclic amines) is 1. The number of pyridine rings is 1. The monoisotopic (exact) mass is 341 g/mol. The van der Waals surface area contributed by atoms with Gasteiger partial charge in [-0.2, -0.15) is 5.10 Å². The zero-order valence-corrected chi connectivity index (χ0v) is 15.3. The van der Waals surface area contributed by atoms with Crippen LogP contribution in [0.4, 0.5) is 0 Å². The van der Waals surface area contributed by atoms with Gasteiger partial charge >= 0.3 is 0 Å². The van der Waals surface area contributed by atoms with E-state index in [1.54, 1.807) is 10.9 Å². The van der Waals surface area contributed by atoms with Crippen molar-refractivity contribution >= 4 is 5.91 Å². The van der Waals surface area contributed by atoms with Crippen LogP contribution in [0.15, 0.2) is 24.4 Å². The van der Waals surface area contributed by atoms with Gasteiger partial charge in [0.25, 0.3) is 5.91 Å². The number of hydrogen-bond donors (Lipinski definition) is 1. The molecule has 3 heterocycles. The summed E-state index contributed by atoms with van der Waals surface area (Å²) in [6.45, 7) is 6.69. The molecule has 1 saturated heterocycles. The fourth-order valence-electron chi connectivity index (χ4n) is 3.45. The van der Waals surface area contributed by atoms with E-state index in [0.29, 0.717) is 5.56 Å². The number of carbonyl (C=O) groups is 1. The number of rotatable bonds is 5. The Labute approximate surface area is 149 Å². The van der Waals surface area contributed by atoms with Crippen LogP contribution in [0.5, 0.6) is 0 Å². The largest absolute Gasteiger partial charge is 0.339 e. The third-order valence-electron chi connectivity index (χ3n) is 4.93. The summed E-state index contributed by atoms with van der Waals surface area (Å²) in [7, 11) is 1.99. The van der Waals surface area contributed by atoms with Crippen LogP contribution in [0.3, 0.4) is 0 Å². The third kappa shape index (κ3) is 4.07. The highest BCUT2D eigenvalue weighted by Gasteiger charge is 2.23.